The molecule has 0 bridgehead atoms. The van der Waals surface area contributed by atoms with Gasteiger partial charge >= 0.3 is 5.97 Å². The Morgan fingerprint density at radius 2 is 2.08 bits per heavy atom. The monoisotopic (exact) mass is 337 g/mol. The van der Waals surface area contributed by atoms with Crippen LogP contribution < -0.4 is 0 Å². The van der Waals surface area contributed by atoms with Crippen LogP contribution in [0.3, 0.4) is 0 Å². The van der Waals surface area contributed by atoms with E-state index in [1.54, 1.807) is 15.6 Å². The van der Waals surface area contributed by atoms with E-state index in [1.165, 1.54) is 13.3 Å². The van der Waals surface area contributed by atoms with E-state index in [0.29, 0.717) is 18.7 Å². The number of carbonyl (C=O) groups excluding carboxylic acids is 1. The molecule has 3 heterocycles. The molecule has 1 aromatic carbocycles. The number of aromatic amines is 1. The molecule has 0 radical (unpaired) electrons. The molecule has 0 amide bonds. The molecule has 0 aliphatic rings. The number of hydrogen-bond donors (Lipinski definition) is 1. The molecule has 9 heteroatoms. The zero-order chi connectivity index (χ0) is 17.2. The zero-order valence-electron chi connectivity index (χ0n) is 13.5. The van der Waals surface area contributed by atoms with Crippen molar-refractivity contribution in [3.05, 3.63) is 59.9 Å². The van der Waals surface area contributed by atoms with Gasteiger partial charge in [-0.1, -0.05) is 17.3 Å². The predicted octanol–water partition coefficient (Wildman–Crippen LogP) is 1.23. The molecule has 0 unspecified atom stereocenters. The second-order valence-electron chi connectivity index (χ2n) is 5.53. The van der Waals surface area contributed by atoms with Gasteiger partial charge in [0.05, 0.1) is 42.6 Å². The first kappa shape index (κ1) is 15.1. The summed E-state index contributed by atoms with van der Waals surface area (Å²) in [7, 11) is 1.34. The Kier molecular flexibility index (Phi) is 3.73. The van der Waals surface area contributed by atoms with E-state index in [2.05, 4.69) is 30.1 Å². The molecule has 9 nitrogen and oxygen atoms in total. The van der Waals surface area contributed by atoms with E-state index in [0.717, 1.165) is 22.6 Å². The lowest BCUT2D eigenvalue weighted by Crippen LogP contribution is -2.02. The summed E-state index contributed by atoms with van der Waals surface area (Å²) in [6.07, 6.45) is 4.90. The number of rotatable bonds is 5. The number of imidazole rings is 1. The Labute approximate surface area is 142 Å². The van der Waals surface area contributed by atoms with Gasteiger partial charge < -0.3 is 9.72 Å². The highest BCUT2D eigenvalue weighted by Crippen LogP contribution is 2.11. The van der Waals surface area contributed by atoms with Crippen LogP contribution in [0.5, 0.6) is 0 Å². The third kappa shape index (κ3) is 3.11. The fraction of sp³-hybridized carbons (Fsp3) is 0.188. The van der Waals surface area contributed by atoms with Crippen molar-refractivity contribution < 1.29 is 9.53 Å². The van der Waals surface area contributed by atoms with Crippen molar-refractivity contribution in [2.24, 2.45) is 0 Å². The molecule has 4 rings (SSSR count). The molecule has 3 aromatic heterocycles. The Bertz CT molecular complexity index is 997. The number of hydrogen-bond acceptors (Lipinski definition) is 6. The van der Waals surface area contributed by atoms with E-state index in [9.17, 15) is 4.79 Å². The Balaban J connectivity index is 1.46. The number of para-hydroxylation sites is 2. The lowest BCUT2D eigenvalue weighted by atomic mass is 10.3. The minimum atomic E-state index is -0.417. The molecule has 0 spiro atoms. The molecule has 1 N–H and O–H groups in total. The molecule has 0 fully saturated rings. The molecule has 0 aliphatic heterocycles. The largest absolute Gasteiger partial charge is 0.465 e. The molecular weight excluding hydrogens is 322 g/mol. The summed E-state index contributed by atoms with van der Waals surface area (Å²) in [6.45, 7) is 0.908. The van der Waals surface area contributed by atoms with Crippen LogP contribution >= 0.6 is 0 Å². The number of H-pyrrole nitrogens is 1. The highest BCUT2D eigenvalue weighted by Gasteiger charge is 2.10. The third-order valence-corrected chi connectivity index (χ3v) is 3.71. The number of benzene rings is 1. The van der Waals surface area contributed by atoms with Crippen LogP contribution in [0.4, 0.5) is 0 Å². The van der Waals surface area contributed by atoms with Crippen molar-refractivity contribution in [3.63, 3.8) is 0 Å². The standard InChI is InChI=1S/C16H15N7O2/c1-25-16(24)11-6-17-22(7-11)8-12-9-23(21-20-12)10-15-18-13-4-2-3-5-14(13)19-15/h2-7,9H,8,10H2,1H3,(H,18,19). The summed E-state index contributed by atoms with van der Waals surface area (Å²) in [4.78, 5) is 19.2. The Hall–Kier alpha value is -3.49. The van der Waals surface area contributed by atoms with Crippen LogP contribution in [0, 0.1) is 0 Å². The number of fused-ring (bicyclic) bond motifs is 1. The minimum absolute atomic E-state index is 0.400. The number of nitrogens with zero attached hydrogens (tertiary/aromatic N) is 6. The maximum atomic E-state index is 11.4. The van der Waals surface area contributed by atoms with Gasteiger partial charge in [0.1, 0.15) is 18.1 Å². The van der Waals surface area contributed by atoms with Gasteiger partial charge in [0.15, 0.2) is 0 Å². The number of ether oxygens (including phenoxy) is 1. The van der Waals surface area contributed by atoms with Crippen LogP contribution in [-0.4, -0.2) is 47.8 Å². The first-order valence-corrected chi connectivity index (χ1v) is 7.64. The summed E-state index contributed by atoms with van der Waals surface area (Å²) >= 11 is 0. The molecule has 4 aromatic rings. The second kappa shape index (κ2) is 6.19. The van der Waals surface area contributed by atoms with Gasteiger partial charge in [0.25, 0.3) is 0 Å². The second-order valence-corrected chi connectivity index (χ2v) is 5.53. The van der Waals surface area contributed by atoms with Crippen LogP contribution in [0.15, 0.2) is 42.9 Å². The van der Waals surface area contributed by atoms with E-state index < -0.39 is 5.97 Å². The van der Waals surface area contributed by atoms with Crippen LogP contribution in [0.25, 0.3) is 11.0 Å². The summed E-state index contributed by atoms with van der Waals surface area (Å²) in [6, 6.07) is 7.85. The molecule has 0 aliphatic carbocycles. The zero-order valence-corrected chi connectivity index (χ0v) is 13.5. The van der Waals surface area contributed by atoms with E-state index in [4.69, 9.17) is 0 Å². The van der Waals surface area contributed by atoms with Gasteiger partial charge in [-0.15, -0.1) is 5.10 Å². The van der Waals surface area contributed by atoms with Gasteiger partial charge in [-0.25, -0.2) is 14.5 Å². The van der Waals surface area contributed by atoms with E-state index in [1.807, 2.05) is 30.5 Å². The molecule has 0 atom stereocenters. The molecule has 0 saturated heterocycles. The number of nitrogens with one attached hydrogen (secondary N) is 1. The quantitative estimate of drug-likeness (QED) is 0.549. The van der Waals surface area contributed by atoms with Crippen molar-refractivity contribution in [1.82, 2.24) is 34.7 Å². The first-order chi connectivity index (χ1) is 12.2. The minimum Gasteiger partial charge on any atom is -0.465 e. The lowest BCUT2D eigenvalue weighted by molar-refractivity contribution is 0.0600. The van der Waals surface area contributed by atoms with Crippen LogP contribution in [-0.2, 0) is 17.8 Å². The SMILES string of the molecule is COC(=O)c1cnn(Cc2cn(Cc3nc4ccccc4[nH]3)nn2)c1. The maximum Gasteiger partial charge on any atom is 0.341 e. The van der Waals surface area contributed by atoms with Crippen molar-refractivity contribution in [1.29, 1.82) is 0 Å². The van der Waals surface area contributed by atoms with Gasteiger partial charge in [0.2, 0.25) is 0 Å². The third-order valence-electron chi connectivity index (χ3n) is 3.71. The average Bonchev–Trinajstić information content (AvgIpc) is 3.34. The first-order valence-electron chi connectivity index (χ1n) is 7.64. The normalized spacial score (nSPS) is 11.1. The molecular formula is C16H15N7O2. The van der Waals surface area contributed by atoms with Crippen molar-refractivity contribution in [3.8, 4) is 0 Å². The number of esters is 1. The van der Waals surface area contributed by atoms with Crippen LogP contribution in [0.1, 0.15) is 21.9 Å². The highest BCUT2D eigenvalue weighted by molar-refractivity contribution is 5.88. The topological polar surface area (TPSA) is 104 Å². The Morgan fingerprint density at radius 1 is 1.20 bits per heavy atom. The Morgan fingerprint density at radius 3 is 2.92 bits per heavy atom. The molecule has 0 saturated carbocycles. The predicted molar refractivity (Wildman–Crippen MR) is 87.9 cm³/mol. The summed E-state index contributed by atoms with van der Waals surface area (Å²) < 4.78 is 7.98. The smallest absolute Gasteiger partial charge is 0.341 e. The fourth-order valence-corrected chi connectivity index (χ4v) is 2.56. The van der Waals surface area contributed by atoms with E-state index >= 15 is 0 Å². The summed E-state index contributed by atoms with van der Waals surface area (Å²) in [5, 5.41) is 12.4. The number of methoxy groups -OCH3 is 1. The summed E-state index contributed by atoms with van der Waals surface area (Å²) in [5.41, 5.74) is 3.04. The van der Waals surface area contributed by atoms with E-state index in [-0.39, 0.29) is 0 Å². The number of aromatic nitrogens is 7. The fourth-order valence-electron chi connectivity index (χ4n) is 2.56. The maximum absolute atomic E-state index is 11.4. The molecule has 25 heavy (non-hydrogen) atoms. The van der Waals surface area contributed by atoms with Gasteiger partial charge in [0, 0.05) is 6.20 Å². The highest BCUT2D eigenvalue weighted by atomic mass is 16.5. The van der Waals surface area contributed by atoms with Crippen molar-refractivity contribution >= 4 is 17.0 Å². The molecule has 126 valence electrons. The van der Waals surface area contributed by atoms with Gasteiger partial charge in [-0.2, -0.15) is 5.10 Å². The van der Waals surface area contributed by atoms with Crippen molar-refractivity contribution in [2.45, 2.75) is 13.1 Å². The van der Waals surface area contributed by atoms with Crippen molar-refractivity contribution in [2.75, 3.05) is 7.11 Å². The lowest BCUT2D eigenvalue weighted by Gasteiger charge is -1.97. The van der Waals surface area contributed by atoms with Gasteiger partial charge in [-0.3, -0.25) is 4.68 Å². The van der Waals surface area contributed by atoms with Gasteiger partial charge in [-0.05, 0) is 12.1 Å². The van der Waals surface area contributed by atoms with Crippen LogP contribution in [0.2, 0.25) is 0 Å². The number of carbonyl (C=O) groups is 1. The average molecular weight is 337 g/mol. The summed E-state index contributed by atoms with van der Waals surface area (Å²) in [5.74, 6) is 0.393.